The summed E-state index contributed by atoms with van der Waals surface area (Å²) in [5, 5.41) is 32.0. The molecule has 0 aliphatic carbocycles. The maximum atomic E-state index is 13.1. The smallest absolute Gasteiger partial charge is 0.360 e. The Kier molecular flexibility index (Phi) is 7.61. The van der Waals surface area contributed by atoms with Crippen molar-refractivity contribution in [3.05, 3.63) is 82.8 Å². The normalized spacial score (nSPS) is 24.8. The zero-order valence-corrected chi connectivity index (χ0v) is 27.5. The quantitative estimate of drug-likeness (QED) is 0.197. The number of benzene rings is 2. The number of oxazole rings is 2. The average Bonchev–Trinajstić information content (AvgIpc) is 3.82. The Morgan fingerprint density at radius 1 is 1.12 bits per heavy atom. The molecule has 2 aromatic carbocycles. The number of rotatable bonds is 5. The number of methoxy groups -OCH3 is 1. The van der Waals surface area contributed by atoms with Crippen molar-refractivity contribution in [2.24, 2.45) is 11.3 Å². The number of aliphatic hydroxyl groups is 2. The Morgan fingerprint density at radius 2 is 1.90 bits per heavy atom. The van der Waals surface area contributed by atoms with E-state index < -0.39 is 53.3 Å². The molecule has 48 heavy (non-hydrogen) atoms. The van der Waals surface area contributed by atoms with E-state index in [4.69, 9.17) is 23.3 Å². The van der Waals surface area contributed by atoms with E-state index in [1.807, 2.05) is 63.2 Å². The monoisotopic (exact) mass is 657 g/mol. The molecule has 5 heterocycles. The third kappa shape index (κ3) is 4.95. The molecule has 5 N–H and O–H groups in total. The molecule has 4 aromatic rings. The molecule has 2 aromatic heterocycles. The van der Waals surface area contributed by atoms with Crippen LogP contribution in [-0.2, 0) is 21.4 Å². The van der Waals surface area contributed by atoms with Gasteiger partial charge in [0.05, 0.1) is 19.2 Å². The molecule has 7 rings (SSSR count). The zero-order chi connectivity index (χ0) is 34.1. The van der Waals surface area contributed by atoms with Gasteiger partial charge in [0.15, 0.2) is 23.4 Å². The number of nitrogens with one attached hydrogen (secondary N) is 3. The minimum atomic E-state index is -1.29. The summed E-state index contributed by atoms with van der Waals surface area (Å²) in [6.45, 7) is 9.40. The Labute approximate surface area is 277 Å². The molecule has 0 saturated heterocycles. The number of nitrogens with zero attached hydrogens (tertiary/aromatic N) is 2. The fraction of sp³-hybridized carbons (Fsp3) is 0.429. The summed E-state index contributed by atoms with van der Waals surface area (Å²) in [7, 11) is 1.26. The molecule has 13 heteroatoms. The molecule has 13 nitrogen and oxygen atoms in total. The Bertz CT molecular complexity index is 1890. The van der Waals surface area contributed by atoms with Crippen molar-refractivity contribution in [1.29, 1.82) is 0 Å². The van der Waals surface area contributed by atoms with Crippen LogP contribution in [0.3, 0.4) is 0 Å². The van der Waals surface area contributed by atoms with Gasteiger partial charge < -0.3 is 39.2 Å². The van der Waals surface area contributed by atoms with Gasteiger partial charge in [-0.05, 0) is 41.0 Å². The fourth-order valence-electron chi connectivity index (χ4n) is 6.85. The zero-order valence-electron chi connectivity index (χ0n) is 27.5. The van der Waals surface area contributed by atoms with Crippen LogP contribution in [0.2, 0.25) is 0 Å². The second-order valence-electron chi connectivity index (χ2n) is 14.0. The number of hydrogen-bond acceptors (Lipinski definition) is 12. The number of para-hydroxylation sites is 1. The van der Waals surface area contributed by atoms with E-state index in [9.17, 15) is 19.8 Å². The molecular weight excluding hydrogens is 618 g/mol. The standard InChI is InChI=1S/C35H39N5O8/c1-16(2)25(41)29(43)36-21-14-17-11-12-23-19(13-17)35(18-9-7-8-10-20(18)38-33(35)47-23)27-24(30-37-22(15-46-30)32(44)45-6)39-31(48-27)26(34(3,4)5)40-28(21)42/h7-13,15-16,21,25-26,28,33,38,40-42H,14H2,1-6H3,(H,36,43)/t21-,25-,26+,28?,33?,35?/m0/s1. The third-order valence-corrected chi connectivity index (χ3v) is 9.36. The van der Waals surface area contributed by atoms with Crippen molar-refractivity contribution in [1.82, 2.24) is 20.6 Å². The van der Waals surface area contributed by atoms with Gasteiger partial charge in [0.2, 0.25) is 17.7 Å². The van der Waals surface area contributed by atoms with Crippen molar-refractivity contribution in [3.8, 4) is 17.3 Å². The summed E-state index contributed by atoms with van der Waals surface area (Å²) in [4.78, 5) is 35.0. The summed E-state index contributed by atoms with van der Waals surface area (Å²) >= 11 is 0. The molecule has 3 aliphatic rings. The van der Waals surface area contributed by atoms with Gasteiger partial charge in [-0.25, -0.2) is 14.8 Å². The van der Waals surface area contributed by atoms with Crippen LogP contribution in [0.25, 0.3) is 11.6 Å². The first-order valence-corrected chi connectivity index (χ1v) is 16.0. The number of aromatic nitrogens is 2. The van der Waals surface area contributed by atoms with Crippen LogP contribution in [0.4, 0.5) is 5.69 Å². The Balaban J connectivity index is 1.49. The van der Waals surface area contributed by atoms with Crippen LogP contribution in [0.15, 0.2) is 57.6 Å². The first-order chi connectivity index (χ1) is 22.8. The highest BCUT2D eigenvalue weighted by Gasteiger charge is 2.61. The lowest BCUT2D eigenvalue weighted by Crippen LogP contribution is -2.55. The number of hydrogen-bond donors (Lipinski definition) is 5. The number of carbonyl (C=O) groups excluding carboxylic acids is 2. The molecular formula is C35H39N5O8. The van der Waals surface area contributed by atoms with Gasteiger partial charge in [0, 0.05) is 11.3 Å². The number of ether oxygens (including phenoxy) is 2. The number of esters is 1. The summed E-state index contributed by atoms with van der Waals surface area (Å²) < 4.78 is 24.2. The molecule has 0 saturated carbocycles. The van der Waals surface area contributed by atoms with Crippen LogP contribution < -0.4 is 20.7 Å². The van der Waals surface area contributed by atoms with Crippen LogP contribution >= 0.6 is 0 Å². The van der Waals surface area contributed by atoms with Crippen LogP contribution in [0.1, 0.15) is 79.5 Å². The molecule has 252 valence electrons. The highest BCUT2D eigenvalue weighted by atomic mass is 16.5. The Morgan fingerprint density at radius 3 is 2.62 bits per heavy atom. The van der Waals surface area contributed by atoms with Crippen molar-refractivity contribution < 1.29 is 38.1 Å². The molecule has 6 atom stereocenters. The number of amides is 1. The lowest BCUT2D eigenvalue weighted by Gasteiger charge is -2.35. The molecule has 0 radical (unpaired) electrons. The van der Waals surface area contributed by atoms with E-state index in [0.29, 0.717) is 11.5 Å². The van der Waals surface area contributed by atoms with E-state index in [1.165, 1.54) is 13.4 Å². The van der Waals surface area contributed by atoms with Crippen molar-refractivity contribution >= 4 is 17.6 Å². The lowest BCUT2D eigenvalue weighted by atomic mass is 9.72. The number of fused-ring (bicyclic) bond motifs is 4. The predicted octanol–water partition coefficient (Wildman–Crippen LogP) is 3.65. The van der Waals surface area contributed by atoms with E-state index in [-0.39, 0.29) is 35.5 Å². The first kappa shape index (κ1) is 31.9. The summed E-state index contributed by atoms with van der Waals surface area (Å²) in [6.07, 6.45) is -1.76. The minimum absolute atomic E-state index is 0.0339. The summed E-state index contributed by atoms with van der Waals surface area (Å²) in [6, 6.07) is 12.0. The van der Waals surface area contributed by atoms with Gasteiger partial charge in [0.1, 0.15) is 29.8 Å². The molecule has 3 aliphatic heterocycles. The summed E-state index contributed by atoms with van der Waals surface area (Å²) in [5.74, 6) is -0.334. The average molecular weight is 658 g/mol. The van der Waals surface area contributed by atoms with Gasteiger partial charge in [0.25, 0.3) is 0 Å². The fourth-order valence-corrected chi connectivity index (χ4v) is 6.85. The number of anilines is 1. The van der Waals surface area contributed by atoms with E-state index >= 15 is 0 Å². The van der Waals surface area contributed by atoms with E-state index in [1.54, 1.807) is 13.8 Å². The van der Waals surface area contributed by atoms with Crippen molar-refractivity contribution in [3.63, 3.8) is 0 Å². The van der Waals surface area contributed by atoms with Crippen molar-refractivity contribution in [2.45, 2.75) is 77.1 Å². The van der Waals surface area contributed by atoms with Gasteiger partial charge in [-0.2, -0.15) is 0 Å². The maximum absolute atomic E-state index is 13.1. The largest absolute Gasteiger partial charge is 0.469 e. The Hall–Kier alpha value is -4.72. The van der Waals surface area contributed by atoms with E-state index in [2.05, 4.69) is 20.9 Å². The van der Waals surface area contributed by atoms with Gasteiger partial charge >= 0.3 is 5.97 Å². The predicted molar refractivity (Wildman–Crippen MR) is 172 cm³/mol. The van der Waals surface area contributed by atoms with Gasteiger partial charge in [-0.3, -0.25) is 10.1 Å². The number of aliphatic hydroxyl groups excluding tert-OH is 2. The second-order valence-corrected chi connectivity index (χ2v) is 14.0. The second kappa shape index (κ2) is 11.5. The third-order valence-electron chi connectivity index (χ3n) is 9.36. The van der Waals surface area contributed by atoms with E-state index in [0.717, 1.165) is 22.4 Å². The number of carbonyl (C=O) groups is 2. The summed E-state index contributed by atoms with van der Waals surface area (Å²) in [5.41, 5.74) is 1.82. The van der Waals surface area contributed by atoms with Gasteiger partial charge in [-0.15, -0.1) is 0 Å². The first-order valence-electron chi connectivity index (χ1n) is 16.0. The molecule has 1 spiro atoms. The molecule has 3 unspecified atom stereocenters. The topological polar surface area (TPSA) is 181 Å². The van der Waals surface area contributed by atoms with Gasteiger partial charge in [-0.1, -0.05) is 65.0 Å². The minimum Gasteiger partial charge on any atom is -0.469 e. The van der Waals surface area contributed by atoms with Crippen molar-refractivity contribution in [2.75, 3.05) is 12.4 Å². The molecule has 1 amide bonds. The maximum Gasteiger partial charge on any atom is 0.360 e. The lowest BCUT2D eigenvalue weighted by molar-refractivity contribution is -0.133. The van der Waals surface area contributed by atoms with Crippen LogP contribution in [0.5, 0.6) is 5.75 Å². The molecule has 0 fully saturated rings. The highest BCUT2D eigenvalue weighted by Crippen LogP contribution is 2.59. The SMILES string of the molecule is COC(=O)c1coc(-c2nc3oc2C24c5ccccc5NC2Oc2ccc(cc24)C[C@H](NC(=O)[C@@H](O)C(C)C)C(O)N[C@H]3C(C)(C)C)n1. The molecule has 4 bridgehead atoms. The highest BCUT2D eigenvalue weighted by molar-refractivity contribution is 5.87. The van der Waals surface area contributed by atoms with Crippen LogP contribution in [0, 0.1) is 11.3 Å². The van der Waals surface area contributed by atoms with Crippen LogP contribution in [-0.4, -0.2) is 63.8 Å².